The maximum atomic E-state index is 5.20. The molecule has 0 fully saturated rings. The van der Waals surface area contributed by atoms with Gasteiger partial charge in [0.1, 0.15) is 5.75 Å². The van der Waals surface area contributed by atoms with Crippen LogP contribution in [-0.4, -0.2) is 36.9 Å². The zero-order valence-electron chi connectivity index (χ0n) is 15.0. The van der Waals surface area contributed by atoms with E-state index in [2.05, 4.69) is 20.4 Å². The zero-order chi connectivity index (χ0) is 18.6. The van der Waals surface area contributed by atoms with Crippen LogP contribution in [0.1, 0.15) is 5.69 Å². The molecule has 0 radical (unpaired) electrons. The van der Waals surface area contributed by atoms with E-state index >= 15 is 0 Å². The van der Waals surface area contributed by atoms with Gasteiger partial charge < -0.3 is 9.30 Å². The third-order valence-corrected chi connectivity index (χ3v) is 5.11. The van der Waals surface area contributed by atoms with Gasteiger partial charge in [-0.05, 0) is 36.4 Å². The smallest absolute Gasteiger partial charge is 0.191 e. The fourth-order valence-electron chi connectivity index (χ4n) is 2.62. The molecule has 0 aliphatic carbocycles. The van der Waals surface area contributed by atoms with E-state index in [0.29, 0.717) is 5.75 Å². The van der Waals surface area contributed by atoms with E-state index < -0.39 is 0 Å². The Morgan fingerprint density at radius 2 is 1.78 bits per heavy atom. The summed E-state index contributed by atoms with van der Waals surface area (Å²) in [4.78, 5) is 1.63. The topological polar surface area (TPSA) is 70.7 Å². The molecule has 0 unspecified atom stereocenters. The summed E-state index contributed by atoms with van der Waals surface area (Å²) in [7, 11) is 3.61. The van der Waals surface area contributed by atoms with Crippen LogP contribution in [0.3, 0.4) is 0 Å². The minimum Gasteiger partial charge on any atom is -0.497 e. The van der Waals surface area contributed by atoms with Crippen molar-refractivity contribution >= 4 is 11.8 Å². The summed E-state index contributed by atoms with van der Waals surface area (Å²) in [5.41, 5.74) is 2.82. The van der Waals surface area contributed by atoms with Gasteiger partial charge in [0.05, 0.1) is 24.7 Å². The molecule has 0 aliphatic heterocycles. The molecular formula is C19H18N6OS. The van der Waals surface area contributed by atoms with Gasteiger partial charge in [0.2, 0.25) is 0 Å². The lowest BCUT2D eigenvalue weighted by molar-refractivity contribution is 0.415. The Bertz CT molecular complexity index is 1030. The maximum Gasteiger partial charge on any atom is 0.191 e. The van der Waals surface area contributed by atoms with Gasteiger partial charge in [-0.2, -0.15) is 15.0 Å². The number of nitrogens with zero attached hydrogens (tertiary/aromatic N) is 6. The number of hydrogen-bond donors (Lipinski definition) is 0. The number of para-hydroxylation sites is 1. The number of aromatic nitrogens is 6. The summed E-state index contributed by atoms with van der Waals surface area (Å²) in [6.07, 6.45) is 1.78. The molecule has 4 aromatic rings. The second-order valence-corrected chi connectivity index (χ2v) is 6.79. The molecule has 136 valence electrons. The van der Waals surface area contributed by atoms with Crippen LogP contribution in [-0.2, 0) is 12.8 Å². The first-order valence-corrected chi connectivity index (χ1v) is 9.36. The molecule has 0 atom stereocenters. The number of hydrogen-bond acceptors (Lipinski definition) is 6. The highest BCUT2D eigenvalue weighted by molar-refractivity contribution is 7.98. The maximum absolute atomic E-state index is 5.20. The van der Waals surface area contributed by atoms with Gasteiger partial charge in [0.25, 0.3) is 0 Å². The average Bonchev–Trinajstić information content (AvgIpc) is 3.34. The summed E-state index contributed by atoms with van der Waals surface area (Å²) in [5, 5.41) is 18.3. The van der Waals surface area contributed by atoms with Crippen LogP contribution >= 0.6 is 11.8 Å². The highest BCUT2D eigenvalue weighted by Gasteiger charge is 2.12. The lowest BCUT2D eigenvalue weighted by Gasteiger charge is -2.04. The molecule has 0 amide bonds. The molecule has 0 bridgehead atoms. The van der Waals surface area contributed by atoms with Crippen molar-refractivity contribution < 1.29 is 4.74 Å². The molecule has 0 spiro atoms. The van der Waals surface area contributed by atoms with Gasteiger partial charge in [0, 0.05) is 18.4 Å². The van der Waals surface area contributed by atoms with E-state index in [0.717, 1.165) is 33.7 Å². The number of methoxy groups -OCH3 is 1. The Morgan fingerprint density at radius 3 is 2.52 bits per heavy atom. The van der Waals surface area contributed by atoms with Crippen molar-refractivity contribution in [3.8, 4) is 22.8 Å². The summed E-state index contributed by atoms with van der Waals surface area (Å²) >= 11 is 1.58. The van der Waals surface area contributed by atoms with Crippen LogP contribution in [0.25, 0.3) is 17.1 Å². The first-order chi connectivity index (χ1) is 13.2. The van der Waals surface area contributed by atoms with Crippen molar-refractivity contribution in [2.75, 3.05) is 7.11 Å². The molecule has 8 heteroatoms. The lowest BCUT2D eigenvalue weighted by Crippen LogP contribution is -1.98. The van der Waals surface area contributed by atoms with Gasteiger partial charge in [-0.25, -0.2) is 0 Å². The second kappa shape index (κ2) is 7.63. The molecule has 4 rings (SSSR count). The van der Waals surface area contributed by atoms with Gasteiger partial charge in [0.15, 0.2) is 11.0 Å². The standard InChI is InChI=1S/C19H18N6OS/c1-24-18(14-8-10-17(26-2)11-9-14)21-22-19(24)27-13-15-12-20-25(23-15)16-6-4-3-5-7-16/h3-12H,13H2,1-2H3. The number of ether oxygens (including phenoxy) is 1. The molecule has 2 heterocycles. The van der Waals surface area contributed by atoms with Crippen LogP contribution in [0.5, 0.6) is 5.75 Å². The lowest BCUT2D eigenvalue weighted by atomic mass is 10.2. The van der Waals surface area contributed by atoms with Gasteiger partial charge in [-0.3, -0.25) is 0 Å². The third kappa shape index (κ3) is 3.70. The van der Waals surface area contributed by atoms with Crippen LogP contribution in [0.15, 0.2) is 66.0 Å². The molecule has 0 aliphatic rings. The van der Waals surface area contributed by atoms with E-state index in [1.807, 2.05) is 66.2 Å². The monoisotopic (exact) mass is 378 g/mol. The predicted molar refractivity (Wildman–Crippen MR) is 104 cm³/mol. The first kappa shape index (κ1) is 17.3. The summed E-state index contributed by atoms with van der Waals surface area (Å²) < 4.78 is 7.18. The van der Waals surface area contributed by atoms with Crippen molar-refractivity contribution in [2.45, 2.75) is 10.9 Å². The minimum absolute atomic E-state index is 0.668. The Kier molecular flexibility index (Phi) is 4.88. The molecule has 0 saturated carbocycles. The van der Waals surface area contributed by atoms with Crippen molar-refractivity contribution in [2.24, 2.45) is 7.05 Å². The second-order valence-electron chi connectivity index (χ2n) is 5.84. The third-order valence-electron chi connectivity index (χ3n) is 4.06. The Labute approximate surface area is 161 Å². The molecule has 0 N–H and O–H groups in total. The van der Waals surface area contributed by atoms with Gasteiger partial charge >= 0.3 is 0 Å². The first-order valence-electron chi connectivity index (χ1n) is 8.38. The van der Waals surface area contributed by atoms with Gasteiger partial charge in [-0.1, -0.05) is 30.0 Å². The SMILES string of the molecule is COc1ccc(-c2nnc(SCc3cnn(-c4ccccc4)n3)n2C)cc1. The van der Waals surface area contributed by atoms with Crippen molar-refractivity contribution in [3.05, 3.63) is 66.5 Å². The Hall–Kier alpha value is -3.13. The van der Waals surface area contributed by atoms with Crippen molar-refractivity contribution in [1.82, 2.24) is 29.8 Å². The summed E-state index contributed by atoms with van der Waals surface area (Å²) in [5.74, 6) is 2.30. The highest BCUT2D eigenvalue weighted by Crippen LogP contribution is 2.26. The van der Waals surface area contributed by atoms with Crippen LogP contribution in [0, 0.1) is 0 Å². The Balaban J connectivity index is 1.46. The van der Waals surface area contributed by atoms with Crippen LogP contribution in [0.4, 0.5) is 0 Å². The summed E-state index contributed by atoms with van der Waals surface area (Å²) in [6.45, 7) is 0. The average molecular weight is 378 g/mol. The van der Waals surface area contributed by atoms with E-state index in [1.54, 1.807) is 29.9 Å². The molecule has 2 aromatic carbocycles. The van der Waals surface area contributed by atoms with Crippen molar-refractivity contribution in [1.29, 1.82) is 0 Å². The largest absolute Gasteiger partial charge is 0.497 e. The zero-order valence-corrected chi connectivity index (χ0v) is 15.8. The van der Waals surface area contributed by atoms with Gasteiger partial charge in [-0.15, -0.1) is 10.2 Å². The van der Waals surface area contributed by atoms with Crippen LogP contribution < -0.4 is 4.74 Å². The van der Waals surface area contributed by atoms with Crippen LogP contribution in [0.2, 0.25) is 0 Å². The normalized spacial score (nSPS) is 10.9. The number of thioether (sulfide) groups is 1. The quantitative estimate of drug-likeness (QED) is 0.479. The molecule has 0 saturated heterocycles. The minimum atomic E-state index is 0.668. The molecule has 27 heavy (non-hydrogen) atoms. The molecule has 7 nitrogen and oxygen atoms in total. The van der Waals surface area contributed by atoms with E-state index in [-0.39, 0.29) is 0 Å². The number of benzene rings is 2. The highest BCUT2D eigenvalue weighted by atomic mass is 32.2. The molecular weight excluding hydrogens is 360 g/mol. The fourth-order valence-corrected chi connectivity index (χ4v) is 3.40. The number of rotatable bonds is 6. The molecule has 2 aromatic heterocycles. The predicted octanol–water partition coefficient (Wildman–Crippen LogP) is 3.36. The van der Waals surface area contributed by atoms with E-state index in [4.69, 9.17) is 4.74 Å². The van der Waals surface area contributed by atoms with E-state index in [1.165, 1.54) is 0 Å². The van der Waals surface area contributed by atoms with Crippen molar-refractivity contribution in [3.63, 3.8) is 0 Å². The Morgan fingerprint density at radius 1 is 1.00 bits per heavy atom. The van der Waals surface area contributed by atoms with E-state index in [9.17, 15) is 0 Å². The summed E-state index contributed by atoms with van der Waals surface area (Å²) in [6, 6.07) is 17.6. The fraction of sp³-hybridized carbons (Fsp3) is 0.158.